The van der Waals surface area contributed by atoms with Crippen LogP contribution in [0.4, 0.5) is 13.2 Å². The van der Waals surface area contributed by atoms with Crippen LogP contribution in [-0.4, -0.2) is 30.8 Å². The Hall–Kier alpha value is -3.52. The zero-order valence-electron chi connectivity index (χ0n) is 24.5. The number of nitrogens with one attached hydrogen (secondary N) is 1. The van der Waals surface area contributed by atoms with Crippen LogP contribution in [0, 0.1) is 0 Å². The molecule has 4 aromatic rings. The zero-order chi connectivity index (χ0) is 31.1. The largest absolute Gasteiger partial charge is 0.494 e. The van der Waals surface area contributed by atoms with E-state index in [9.17, 15) is 23.1 Å². The van der Waals surface area contributed by atoms with Gasteiger partial charge in [0.25, 0.3) is 0 Å². The predicted molar refractivity (Wildman–Crippen MR) is 171 cm³/mol. The molecule has 0 aliphatic heterocycles. The molecule has 234 valence electrons. The number of halogens is 5. The molecule has 0 aliphatic carbocycles. The van der Waals surface area contributed by atoms with E-state index in [1.165, 1.54) is 6.07 Å². The molecule has 44 heavy (non-hydrogen) atoms. The number of alkyl halides is 3. The van der Waals surface area contributed by atoms with E-state index >= 15 is 0 Å². The molecule has 4 rings (SSSR count). The summed E-state index contributed by atoms with van der Waals surface area (Å²) in [6.07, 6.45) is -3.66. The van der Waals surface area contributed by atoms with Crippen molar-refractivity contribution in [1.29, 1.82) is 0 Å². The second kappa shape index (κ2) is 15.0. The summed E-state index contributed by atoms with van der Waals surface area (Å²) in [5.74, 6) is -0.325. The molecule has 4 nitrogen and oxygen atoms in total. The average Bonchev–Trinajstić information content (AvgIpc) is 2.99. The van der Waals surface area contributed by atoms with Gasteiger partial charge in [-0.3, -0.25) is 4.79 Å². The van der Waals surface area contributed by atoms with E-state index in [-0.39, 0.29) is 23.9 Å². The zero-order valence-corrected chi connectivity index (χ0v) is 26.1. The topological polar surface area (TPSA) is 58.6 Å². The molecule has 0 aliphatic rings. The molecule has 2 N–H and O–H groups in total. The van der Waals surface area contributed by atoms with Gasteiger partial charge in [0.15, 0.2) is 0 Å². The first kappa shape index (κ1) is 35.0. The molecular formula is C35H36Cl2F3NO3. The Labute approximate surface area is 267 Å². The summed E-state index contributed by atoms with van der Waals surface area (Å²) in [5, 5.41) is 12.8. The van der Waals surface area contributed by atoms with E-state index in [1.54, 1.807) is 44.2 Å². The van der Waals surface area contributed by atoms with Crippen LogP contribution in [0.2, 0.25) is 5.02 Å². The lowest BCUT2D eigenvalue weighted by atomic mass is 9.70. The molecule has 0 spiro atoms. The minimum atomic E-state index is -4.56. The van der Waals surface area contributed by atoms with E-state index < -0.39 is 28.5 Å². The number of rotatable bonds is 13. The van der Waals surface area contributed by atoms with Crippen molar-refractivity contribution in [2.75, 3.05) is 19.7 Å². The highest BCUT2D eigenvalue weighted by atomic mass is 35.5. The third-order valence-corrected chi connectivity index (χ3v) is 8.26. The molecule has 0 amide bonds. The van der Waals surface area contributed by atoms with Gasteiger partial charge in [-0.25, -0.2) is 0 Å². The summed E-state index contributed by atoms with van der Waals surface area (Å²) in [7, 11) is 0. The second-order valence-electron chi connectivity index (χ2n) is 11.1. The van der Waals surface area contributed by atoms with Gasteiger partial charge < -0.3 is 15.2 Å². The number of carboxylic acids is 1. The summed E-state index contributed by atoms with van der Waals surface area (Å²) in [5.41, 5.74) is 0.378. The van der Waals surface area contributed by atoms with Gasteiger partial charge >= 0.3 is 12.1 Å². The highest BCUT2D eigenvalue weighted by Crippen LogP contribution is 2.41. The van der Waals surface area contributed by atoms with Gasteiger partial charge in [-0.2, -0.15) is 13.2 Å². The smallest absolute Gasteiger partial charge is 0.417 e. The number of carboxylic acid groups (broad SMARTS) is 1. The van der Waals surface area contributed by atoms with E-state index in [1.807, 2.05) is 60.7 Å². The minimum absolute atomic E-state index is 0. The molecule has 0 bridgehead atoms. The third-order valence-electron chi connectivity index (χ3n) is 7.81. The van der Waals surface area contributed by atoms with E-state index in [0.717, 1.165) is 17.2 Å². The molecular weight excluding hydrogens is 610 g/mol. The van der Waals surface area contributed by atoms with Crippen LogP contribution < -0.4 is 10.1 Å². The normalized spacial score (nSPS) is 12.0. The van der Waals surface area contributed by atoms with Crippen LogP contribution in [0.1, 0.15) is 48.1 Å². The maximum Gasteiger partial charge on any atom is 0.417 e. The summed E-state index contributed by atoms with van der Waals surface area (Å²) < 4.78 is 47.1. The van der Waals surface area contributed by atoms with Crippen LogP contribution in [0.5, 0.6) is 5.75 Å². The Morgan fingerprint density at radius 2 is 1.41 bits per heavy atom. The monoisotopic (exact) mass is 645 g/mol. The highest BCUT2D eigenvalue weighted by molar-refractivity contribution is 6.32. The Bertz CT molecular complexity index is 1470. The van der Waals surface area contributed by atoms with Crippen LogP contribution in [-0.2, 0) is 28.2 Å². The van der Waals surface area contributed by atoms with E-state index in [4.69, 9.17) is 16.3 Å². The summed E-state index contributed by atoms with van der Waals surface area (Å²) in [6.45, 7) is 4.72. The maximum atomic E-state index is 13.7. The quantitative estimate of drug-likeness (QED) is 0.143. The number of ether oxygens (including phenoxy) is 1. The summed E-state index contributed by atoms with van der Waals surface area (Å²) >= 11 is 6.40. The standard InChI is InChI=1S/C35H35ClF3NO3.ClH/c1-33(2,32(41)42)28-17-10-18-29(22-28)43-21-11-20-40-24-34(26-13-5-3-6-14-26,27-15-7-4-8-16-27)23-25-12-9-19-30(31(25)36)35(37,38)39;/h3-10,12-19,22,40H,11,20-21,23-24H2,1-2H3,(H,41,42);1H. The Kier molecular flexibility index (Phi) is 11.9. The number of carbonyl (C=O) groups is 1. The van der Waals surface area contributed by atoms with Crippen molar-refractivity contribution in [3.05, 3.63) is 136 Å². The fourth-order valence-electron chi connectivity index (χ4n) is 5.20. The van der Waals surface area contributed by atoms with E-state index in [0.29, 0.717) is 43.0 Å². The van der Waals surface area contributed by atoms with Gasteiger partial charge in [0.1, 0.15) is 5.75 Å². The molecule has 0 saturated carbocycles. The first-order valence-corrected chi connectivity index (χ1v) is 14.5. The van der Waals surface area contributed by atoms with Crippen molar-refractivity contribution in [3.63, 3.8) is 0 Å². The lowest BCUT2D eigenvalue weighted by Gasteiger charge is -2.36. The minimum Gasteiger partial charge on any atom is -0.494 e. The molecule has 0 fully saturated rings. The van der Waals surface area contributed by atoms with Crippen molar-refractivity contribution in [3.8, 4) is 5.75 Å². The van der Waals surface area contributed by atoms with Crippen molar-refractivity contribution in [2.45, 2.75) is 43.7 Å². The SMILES string of the molecule is CC(C)(C(=O)O)c1cccc(OCCCNCC(Cc2cccc(C(F)(F)F)c2Cl)(c2ccccc2)c2ccccc2)c1.Cl. The molecule has 4 aromatic carbocycles. The fourth-order valence-corrected chi connectivity index (χ4v) is 5.50. The molecule has 9 heteroatoms. The highest BCUT2D eigenvalue weighted by Gasteiger charge is 2.38. The number of benzene rings is 4. The molecule has 0 saturated heterocycles. The summed E-state index contributed by atoms with van der Waals surface area (Å²) in [4.78, 5) is 11.6. The number of hydrogen-bond donors (Lipinski definition) is 2. The van der Waals surface area contributed by atoms with Gasteiger partial charge in [0, 0.05) is 12.0 Å². The van der Waals surface area contributed by atoms with Crippen molar-refractivity contribution in [2.24, 2.45) is 0 Å². The fraction of sp³-hybridized carbons (Fsp3) is 0.286. The third kappa shape index (κ3) is 8.14. The van der Waals surface area contributed by atoms with Crippen LogP contribution >= 0.6 is 24.0 Å². The van der Waals surface area contributed by atoms with E-state index in [2.05, 4.69) is 5.32 Å². The number of aliphatic carboxylic acids is 1. The van der Waals surface area contributed by atoms with Gasteiger partial charge in [-0.1, -0.05) is 96.5 Å². The molecule has 0 heterocycles. The van der Waals surface area contributed by atoms with Crippen molar-refractivity contribution >= 4 is 30.0 Å². The molecule has 0 radical (unpaired) electrons. The first-order chi connectivity index (χ1) is 20.4. The van der Waals surface area contributed by atoms with Gasteiger partial charge in [0.05, 0.1) is 22.6 Å². The lowest BCUT2D eigenvalue weighted by molar-refractivity contribution is -0.142. The Balaban J connectivity index is 0.00000529. The van der Waals surface area contributed by atoms with Gasteiger partial charge in [-0.15, -0.1) is 12.4 Å². The molecule has 0 unspecified atom stereocenters. The first-order valence-electron chi connectivity index (χ1n) is 14.1. The van der Waals surface area contributed by atoms with Crippen molar-refractivity contribution < 1.29 is 27.8 Å². The van der Waals surface area contributed by atoms with Crippen LogP contribution in [0.15, 0.2) is 103 Å². The molecule has 0 atom stereocenters. The summed E-state index contributed by atoms with van der Waals surface area (Å²) in [6, 6.07) is 30.6. The van der Waals surface area contributed by atoms with Crippen LogP contribution in [0.25, 0.3) is 0 Å². The maximum absolute atomic E-state index is 13.7. The van der Waals surface area contributed by atoms with Gasteiger partial charge in [0.2, 0.25) is 0 Å². The Morgan fingerprint density at radius 3 is 1.98 bits per heavy atom. The van der Waals surface area contributed by atoms with Crippen LogP contribution in [0.3, 0.4) is 0 Å². The predicted octanol–water partition coefficient (Wildman–Crippen LogP) is 8.73. The molecule has 0 aromatic heterocycles. The van der Waals surface area contributed by atoms with Gasteiger partial charge in [-0.05, 0) is 73.7 Å². The second-order valence-corrected chi connectivity index (χ2v) is 11.5. The lowest BCUT2D eigenvalue weighted by Crippen LogP contribution is -2.42. The number of hydrogen-bond acceptors (Lipinski definition) is 3. The average molecular weight is 647 g/mol. The van der Waals surface area contributed by atoms with Crippen molar-refractivity contribution in [1.82, 2.24) is 5.32 Å². The Morgan fingerprint density at radius 1 is 0.841 bits per heavy atom.